The van der Waals surface area contributed by atoms with Crippen LogP contribution >= 0.6 is 0 Å². The lowest BCUT2D eigenvalue weighted by Gasteiger charge is -2.35. The molecule has 7 heteroatoms. The van der Waals surface area contributed by atoms with Crippen LogP contribution in [0.1, 0.15) is 29.8 Å². The summed E-state index contributed by atoms with van der Waals surface area (Å²) in [7, 11) is 0. The Kier molecular flexibility index (Phi) is 5.41. The fourth-order valence-electron chi connectivity index (χ4n) is 3.22. The first kappa shape index (κ1) is 19.2. The third-order valence-electron chi connectivity index (χ3n) is 4.33. The number of alkyl halides is 3. The van der Waals surface area contributed by atoms with Gasteiger partial charge in [0.05, 0.1) is 29.0 Å². The predicted octanol–water partition coefficient (Wildman–Crippen LogP) is 4.70. The molecular formula is C20H21F3N2O2. The van der Waals surface area contributed by atoms with Crippen LogP contribution in [0.15, 0.2) is 48.5 Å². The van der Waals surface area contributed by atoms with E-state index in [-0.39, 0.29) is 23.8 Å². The molecule has 0 bridgehead atoms. The Morgan fingerprint density at radius 3 is 2.41 bits per heavy atom. The summed E-state index contributed by atoms with van der Waals surface area (Å²) in [5, 5.41) is 2.95. The minimum absolute atomic E-state index is 0.0683. The number of nitrogens with one attached hydrogen (secondary N) is 1. The molecule has 144 valence electrons. The van der Waals surface area contributed by atoms with Gasteiger partial charge in [-0.15, -0.1) is 0 Å². The van der Waals surface area contributed by atoms with Crippen LogP contribution in [0.25, 0.3) is 0 Å². The Labute approximate surface area is 155 Å². The summed E-state index contributed by atoms with van der Waals surface area (Å²) in [6.45, 7) is 4.76. The van der Waals surface area contributed by atoms with Crippen LogP contribution in [-0.4, -0.2) is 36.1 Å². The number of para-hydroxylation sites is 1. The highest BCUT2D eigenvalue weighted by atomic mass is 19.4. The van der Waals surface area contributed by atoms with Gasteiger partial charge in [0.2, 0.25) is 0 Å². The Bertz CT molecular complexity index is 813. The van der Waals surface area contributed by atoms with Crippen LogP contribution in [0.4, 0.5) is 24.5 Å². The van der Waals surface area contributed by atoms with E-state index in [1.807, 2.05) is 13.8 Å². The second-order valence-corrected chi connectivity index (χ2v) is 6.72. The third-order valence-corrected chi connectivity index (χ3v) is 4.33. The van der Waals surface area contributed by atoms with Crippen LogP contribution in [0.2, 0.25) is 0 Å². The molecule has 0 aliphatic carbocycles. The number of anilines is 2. The number of benzene rings is 2. The number of rotatable bonds is 3. The summed E-state index contributed by atoms with van der Waals surface area (Å²) in [4.78, 5) is 14.7. The number of hydrogen-bond acceptors (Lipinski definition) is 3. The Balaban J connectivity index is 1.85. The van der Waals surface area contributed by atoms with Crippen molar-refractivity contribution < 1.29 is 22.7 Å². The molecule has 0 spiro atoms. The molecule has 1 heterocycles. The van der Waals surface area contributed by atoms with Crippen molar-refractivity contribution in [3.8, 4) is 0 Å². The van der Waals surface area contributed by atoms with Crippen molar-refractivity contribution >= 4 is 17.3 Å². The van der Waals surface area contributed by atoms with Crippen molar-refractivity contribution in [3.63, 3.8) is 0 Å². The SMILES string of the molecule is C[C@@H]1CN(C(=O)c2ccccc2Nc2cccc(C(F)(F)F)c2)C[C@H](C)O1. The minimum Gasteiger partial charge on any atom is -0.372 e. The number of ether oxygens (including phenoxy) is 1. The maximum atomic E-state index is 13.0. The molecule has 0 aromatic heterocycles. The molecule has 0 unspecified atom stereocenters. The first-order valence-electron chi connectivity index (χ1n) is 8.72. The Hall–Kier alpha value is -2.54. The Morgan fingerprint density at radius 1 is 1.07 bits per heavy atom. The van der Waals surface area contributed by atoms with Gasteiger partial charge < -0.3 is 15.0 Å². The van der Waals surface area contributed by atoms with Crippen molar-refractivity contribution in [2.24, 2.45) is 0 Å². The largest absolute Gasteiger partial charge is 0.416 e. The van der Waals surface area contributed by atoms with Crippen LogP contribution in [-0.2, 0) is 10.9 Å². The van der Waals surface area contributed by atoms with Gasteiger partial charge in [0.25, 0.3) is 5.91 Å². The van der Waals surface area contributed by atoms with Crippen molar-refractivity contribution in [1.82, 2.24) is 4.90 Å². The highest BCUT2D eigenvalue weighted by molar-refractivity contribution is 6.00. The van der Waals surface area contributed by atoms with E-state index in [1.54, 1.807) is 29.2 Å². The molecule has 1 aliphatic heterocycles. The lowest BCUT2D eigenvalue weighted by Crippen LogP contribution is -2.48. The van der Waals surface area contributed by atoms with Crippen molar-refractivity contribution in [1.29, 1.82) is 0 Å². The monoisotopic (exact) mass is 378 g/mol. The van der Waals surface area contributed by atoms with Gasteiger partial charge in [0.1, 0.15) is 0 Å². The number of halogens is 3. The molecule has 1 fully saturated rings. The summed E-state index contributed by atoms with van der Waals surface area (Å²) in [6, 6.07) is 11.7. The fourth-order valence-corrected chi connectivity index (χ4v) is 3.22. The number of carbonyl (C=O) groups excluding carboxylic acids is 1. The van der Waals surface area contributed by atoms with Crippen LogP contribution in [0.5, 0.6) is 0 Å². The highest BCUT2D eigenvalue weighted by Gasteiger charge is 2.31. The zero-order chi connectivity index (χ0) is 19.6. The summed E-state index contributed by atoms with van der Waals surface area (Å²) in [5.41, 5.74) is 0.408. The van der Waals surface area contributed by atoms with Gasteiger partial charge in [-0.1, -0.05) is 18.2 Å². The molecule has 0 saturated carbocycles. The van der Waals surface area contributed by atoms with Gasteiger partial charge >= 0.3 is 6.18 Å². The molecule has 1 saturated heterocycles. The van der Waals surface area contributed by atoms with Crippen molar-refractivity contribution in [2.45, 2.75) is 32.2 Å². The molecule has 2 atom stereocenters. The zero-order valence-corrected chi connectivity index (χ0v) is 15.1. The first-order valence-corrected chi connectivity index (χ1v) is 8.72. The molecule has 2 aromatic carbocycles. The summed E-state index contributed by atoms with van der Waals surface area (Å²) in [5.74, 6) is -0.174. The summed E-state index contributed by atoms with van der Waals surface area (Å²) >= 11 is 0. The van der Waals surface area contributed by atoms with Gasteiger partial charge in [-0.25, -0.2) is 0 Å². The number of carbonyl (C=O) groups is 1. The molecule has 4 nitrogen and oxygen atoms in total. The first-order chi connectivity index (χ1) is 12.7. The Morgan fingerprint density at radius 2 is 1.74 bits per heavy atom. The average molecular weight is 378 g/mol. The van der Waals surface area contributed by atoms with Gasteiger partial charge in [-0.3, -0.25) is 4.79 Å². The lowest BCUT2D eigenvalue weighted by molar-refractivity contribution is -0.137. The molecule has 2 aromatic rings. The second-order valence-electron chi connectivity index (χ2n) is 6.72. The highest BCUT2D eigenvalue weighted by Crippen LogP contribution is 2.32. The van der Waals surface area contributed by atoms with Crippen molar-refractivity contribution in [2.75, 3.05) is 18.4 Å². The quantitative estimate of drug-likeness (QED) is 0.842. The molecule has 3 rings (SSSR count). The van der Waals surface area contributed by atoms with Gasteiger partial charge in [0.15, 0.2) is 0 Å². The van der Waals surface area contributed by atoms with E-state index in [0.29, 0.717) is 24.3 Å². The number of morpholine rings is 1. The van der Waals surface area contributed by atoms with Crippen molar-refractivity contribution in [3.05, 3.63) is 59.7 Å². The van der Waals surface area contributed by atoms with E-state index < -0.39 is 11.7 Å². The van der Waals surface area contributed by atoms with Gasteiger partial charge in [0, 0.05) is 18.8 Å². The minimum atomic E-state index is -4.42. The maximum absolute atomic E-state index is 13.0. The number of hydrogen-bond donors (Lipinski definition) is 1. The second kappa shape index (κ2) is 7.60. The van der Waals surface area contributed by atoms with Crippen LogP contribution in [0, 0.1) is 0 Å². The molecule has 1 amide bonds. The van der Waals surface area contributed by atoms with Crippen LogP contribution in [0.3, 0.4) is 0 Å². The zero-order valence-electron chi connectivity index (χ0n) is 15.1. The third kappa shape index (κ3) is 4.60. The normalized spacial score (nSPS) is 20.4. The van der Waals surface area contributed by atoms with E-state index in [0.717, 1.165) is 12.1 Å². The van der Waals surface area contributed by atoms with E-state index in [2.05, 4.69) is 5.32 Å². The standard InChI is InChI=1S/C20H21F3N2O2/c1-13-11-25(12-14(2)27-13)19(26)17-8-3-4-9-18(17)24-16-7-5-6-15(10-16)20(21,22)23/h3-10,13-14,24H,11-12H2,1-2H3/t13-,14+. The van der Waals surface area contributed by atoms with E-state index in [1.165, 1.54) is 12.1 Å². The fraction of sp³-hybridized carbons (Fsp3) is 0.350. The van der Waals surface area contributed by atoms with Gasteiger partial charge in [-0.2, -0.15) is 13.2 Å². The molecule has 1 aliphatic rings. The van der Waals surface area contributed by atoms with Gasteiger partial charge in [-0.05, 0) is 44.2 Å². The molecule has 1 N–H and O–H groups in total. The smallest absolute Gasteiger partial charge is 0.372 e. The van der Waals surface area contributed by atoms with E-state index in [9.17, 15) is 18.0 Å². The average Bonchev–Trinajstić information content (AvgIpc) is 2.60. The number of nitrogens with zero attached hydrogens (tertiary/aromatic N) is 1. The summed E-state index contributed by atoms with van der Waals surface area (Å²) < 4.78 is 44.4. The topological polar surface area (TPSA) is 41.6 Å². The lowest BCUT2D eigenvalue weighted by atomic mass is 10.1. The maximum Gasteiger partial charge on any atom is 0.416 e. The number of amides is 1. The molecule has 27 heavy (non-hydrogen) atoms. The molecular weight excluding hydrogens is 357 g/mol. The van der Waals surface area contributed by atoms with Crippen LogP contribution < -0.4 is 5.32 Å². The van der Waals surface area contributed by atoms with E-state index in [4.69, 9.17) is 4.74 Å². The summed E-state index contributed by atoms with van der Waals surface area (Å²) in [6.07, 6.45) is -4.56. The predicted molar refractivity (Wildman–Crippen MR) is 97.1 cm³/mol. The van der Waals surface area contributed by atoms with E-state index >= 15 is 0 Å². The molecule has 0 radical (unpaired) electrons.